The second kappa shape index (κ2) is 35.0. The molecule has 4 atom stereocenters. The minimum absolute atomic E-state index is 0.0410. The molecule has 0 saturated heterocycles. The number of pyridine rings is 8. The quantitative estimate of drug-likeness (QED) is 0.0988. The van der Waals surface area contributed by atoms with Gasteiger partial charge in [-0.2, -0.15) is 0 Å². The van der Waals surface area contributed by atoms with Crippen LogP contribution in [0.4, 0.5) is 8.78 Å². The van der Waals surface area contributed by atoms with E-state index in [1.807, 2.05) is 184 Å². The third-order valence-corrected chi connectivity index (χ3v) is 23.2. The number of nitrogens with zero attached hydrogens (tertiary/aromatic N) is 8. The van der Waals surface area contributed by atoms with Gasteiger partial charge < -0.3 is 17.7 Å². The largest absolute Gasteiger partial charge is 0.437 e. The standard InChI is InChI=1S/C30H30FN2O.C28H27N2O.C27H24FN2O.C27H25N2O/c1-17(2)24-14-21(15-25(18(3)4)28(24)31)20-10-12-26(33(6)16-20)27-19(5)9-11-22-23-8-7-13-32-30(23)34-29(22)27;1-18(2)15-20-7-5-8-21(16-20)22-11-13-25(30(4)17-22)26-19(3)10-12-23-24-9-6-14-29-28(24)31-27(23)26;1-16(2)22-14-18(8-11-23(22)28)19-9-12-24(30(4)15-19)25-17(3)7-10-20-21-6-5-13-29-27(21)31-26(20)25;1-17(2)19-7-5-8-20(15-19)21-11-13-24(29(4)16-21)25-18(3)10-12-22-23-9-6-14-28-27(23)30-26(22)25/h7-18H,1-6H3;5-14,16-18H,15H2,1-4H3;5-16H,1-4H3;5-17H,1-4H3/q4*+1/i1D3,2D3,3D3,17D,18D;1D3,18D;1D3,16D;1D3,17D. The highest BCUT2D eigenvalue weighted by molar-refractivity contribution is 6.12. The Kier molecular flexibility index (Phi) is 16.8. The molecule has 0 aliphatic rings. The van der Waals surface area contributed by atoms with E-state index in [0.717, 1.165) is 174 Å². The number of fused-ring (bicyclic) bond motifs is 12. The first-order valence-electron chi connectivity index (χ1n) is 52.7. The molecule has 0 bridgehead atoms. The summed E-state index contributed by atoms with van der Waals surface area (Å²) in [5.41, 5.74) is 21.8. The molecular formula is C112H106F2N8O4+4. The first-order chi connectivity index (χ1) is 69.7. The van der Waals surface area contributed by atoms with Gasteiger partial charge in [0, 0.05) is 146 Å². The lowest BCUT2D eigenvalue weighted by molar-refractivity contribution is -0.660. The van der Waals surface area contributed by atoms with Gasteiger partial charge in [0.05, 0.1) is 22.3 Å². The van der Waals surface area contributed by atoms with Crippen LogP contribution >= 0.6 is 0 Å². The highest BCUT2D eigenvalue weighted by atomic mass is 19.1. The van der Waals surface area contributed by atoms with Crippen molar-refractivity contribution < 1.29 is 76.2 Å². The highest BCUT2D eigenvalue weighted by Crippen LogP contribution is 2.43. The average molecular weight is 1690 g/mol. The maximum absolute atomic E-state index is 16.2. The molecule has 0 N–H and O–H groups in total. The van der Waals surface area contributed by atoms with E-state index in [4.69, 9.17) is 49.2 Å². The molecule has 0 amide bonds. The summed E-state index contributed by atoms with van der Waals surface area (Å²) >= 11 is 0. The lowest BCUT2D eigenvalue weighted by Gasteiger charge is -2.16. The van der Waals surface area contributed by atoms with Crippen LogP contribution < -0.4 is 18.3 Å². The molecular weight excluding hydrogens is 1560 g/mol. The van der Waals surface area contributed by atoms with Crippen LogP contribution in [-0.4, -0.2) is 19.9 Å². The molecule has 0 aliphatic carbocycles. The summed E-state index contributed by atoms with van der Waals surface area (Å²) in [5.74, 6) is -13.6. The molecule has 126 heavy (non-hydrogen) atoms. The molecule has 0 saturated carbocycles. The fraction of sp³-hybridized carbons (Fsp3) is 0.214. The predicted molar refractivity (Wildman–Crippen MR) is 508 cm³/mol. The molecule has 20 aromatic rings. The monoisotopic (exact) mass is 1690 g/mol. The number of benzene rings is 8. The normalized spacial score (nSPS) is 17.0. The Morgan fingerprint density at radius 1 is 0.317 bits per heavy atom. The zero-order valence-electron chi connectivity index (χ0n) is 94.7. The second-order valence-corrected chi connectivity index (χ2v) is 32.1. The van der Waals surface area contributed by atoms with Crippen LogP contribution in [0.25, 0.3) is 178 Å². The Bertz CT molecular complexity index is 8660. The van der Waals surface area contributed by atoms with Crippen molar-refractivity contribution in [2.24, 2.45) is 34.1 Å². The van der Waals surface area contributed by atoms with E-state index >= 15 is 4.39 Å². The van der Waals surface area contributed by atoms with Crippen molar-refractivity contribution >= 4 is 88.3 Å². The molecule has 20 rings (SSSR count). The number of halogens is 2. The van der Waals surface area contributed by atoms with Crippen LogP contribution in [0.3, 0.4) is 0 Å². The first kappa shape index (κ1) is 60.5. The predicted octanol–water partition coefficient (Wildman–Crippen LogP) is 27.8. The molecule has 0 spiro atoms. The number of rotatable bonds is 14. The van der Waals surface area contributed by atoms with Crippen LogP contribution in [0.15, 0.2) is 292 Å². The van der Waals surface area contributed by atoms with Crippen LogP contribution in [-0.2, 0) is 34.6 Å². The van der Waals surface area contributed by atoms with Gasteiger partial charge in [-0.25, -0.2) is 47.0 Å². The molecule has 8 aromatic carbocycles. The lowest BCUT2D eigenvalue weighted by atomic mass is 9.90. The van der Waals surface area contributed by atoms with Crippen molar-refractivity contribution in [1.29, 1.82) is 0 Å². The lowest BCUT2D eigenvalue weighted by Crippen LogP contribution is -2.31. The van der Waals surface area contributed by atoms with Gasteiger partial charge in [0.25, 0.3) is 0 Å². The summed E-state index contributed by atoms with van der Waals surface area (Å²) < 4.78 is 246. The van der Waals surface area contributed by atoms with Gasteiger partial charge in [-0.05, 0) is 233 Å². The Balaban J connectivity index is 0.000000136. The minimum atomic E-state index is -3.54. The SMILES string of the molecule is [2H]C([2H])([2H])C([2H])(C)Cc1cccc(-c2ccc(-c3c(C)ccc4c3oc3ncccc34)[n+](C)c2)c1.[2H]C([2H])([2H])C([2H])(C)c1cc(-c2ccc(-c3c(C)ccc4c3oc3ncccc34)[n+](C)c2)cc(C([2H])(C([2H])([2H])[2H])C([2H])([2H])[2H])c1F.[2H]C([2H])([2H])C([2H])(C)c1cc(-c2ccc(-c3c(C)ccc4c3oc3ncccc34)[n+](C)c2)ccc1F.[2H]C([2H])([2H])C([2H])(C)c1cccc(-c2ccc(-c3c(C)ccc4c3oc3ncccc34)[n+](C)c2)c1. The van der Waals surface area contributed by atoms with Crippen molar-refractivity contribution in [2.45, 2.75) is 126 Å². The summed E-state index contributed by atoms with van der Waals surface area (Å²) in [4.78, 5) is 17.4. The molecule has 0 aliphatic heterocycles. The van der Waals surface area contributed by atoms with Crippen molar-refractivity contribution in [2.75, 3.05) is 0 Å². The zero-order valence-corrected chi connectivity index (χ0v) is 71.7. The van der Waals surface area contributed by atoms with E-state index < -0.39 is 93.3 Å². The maximum atomic E-state index is 16.2. The Morgan fingerprint density at radius 3 is 1.02 bits per heavy atom. The van der Waals surface area contributed by atoms with E-state index in [1.165, 1.54) is 32.9 Å². The molecule has 12 aromatic heterocycles. The molecule has 628 valence electrons. The van der Waals surface area contributed by atoms with E-state index in [0.29, 0.717) is 50.8 Å². The van der Waals surface area contributed by atoms with E-state index in [2.05, 4.69) is 87.0 Å². The summed E-state index contributed by atoms with van der Waals surface area (Å²) in [7, 11) is 7.65. The molecule has 12 nitrogen and oxygen atoms in total. The zero-order chi connectivity index (χ0) is 108. The van der Waals surface area contributed by atoms with Gasteiger partial charge >= 0.3 is 0 Å². The number of furan rings is 4. The summed E-state index contributed by atoms with van der Waals surface area (Å²) in [6, 6.07) is 68.7. The van der Waals surface area contributed by atoms with E-state index in [-0.39, 0.29) is 17.5 Å². The smallest absolute Gasteiger partial charge is 0.227 e. The number of aryl methyl sites for hydroxylation is 8. The number of hydrogen-bond acceptors (Lipinski definition) is 8. The third-order valence-electron chi connectivity index (χ3n) is 23.2. The molecule has 12 heterocycles. The van der Waals surface area contributed by atoms with Crippen molar-refractivity contribution in [3.8, 4) is 89.5 Å². The Morgan fingerprint density at radius 2 is 0.651 bits per heavy atom. The fourth-order valence-electron chi connectivity index (χ4n) is 16.9. The van der Waals surface area contributed by atoms with E-state index in [9.17, 15) is 4.39 Å². The summed E-state index contributed by atoms with van der Waals surface area (Å²) in [6.45, 7) is -4.44. The van der Waals surface area contributed by atoms with Crippen LogP contribution in [0.5, 0.6) is 0 Å². The molecule has 0 fully saturated rings. The van der Waals surface area contributed by atoms with Gasteiger partial charge in [0.15, 0.2) is 47.1 Å². The highest BCUT2D eigenvalue weighted by Gasteiger charge is 2.29. The Hall–Kier alpha value is -14.0. The second-order valence-electron chi connectivity index (χ2n) is 32.1. The summed E-state index contributed by atoms with van der Waals surface area (Å²) in [5, 5.41) is 7.69. The maximum Gasteiger partial charge on any atom is 0.227 e. The molecule has 0 radical (unpaired) electrons. The minimum Gasteiger partial charge on any atom is -0.437 e. The average Bonchev–Trinajstić information content (AvgIpc) is 1.51. The van der Waals surface area contributed by atoms with Crippen molar-refractivity contribution in [3.63, 3.8) is 0 Å². The fourth-order valence-corrected chi connectivity index (χ4v) is 16.9. The number of hydrogen-bond donors (Lipinski definition) is 0. The molecule has 14 heteroatoms. The topological polar surface area (TPSA) is 120 Å². The van der Waals surface area contributed by atoms with Gasteiger partial charge in [0.1, 0.15) is 39.8 Å². The van der Waals surface area contributed by atoms with E-state index in [1.54, 1.807) is 72.9 Å². The first-order valence-corrected chi connectivity index (χ1v) is 41.2. The van der Waals surface area contributed by atoms with Crippen molar-refractivity contribution in [3.05, 3.63) is 336 Å². The van der Waals surface area contributed by atoms with Gasteiger partial charge in [0.2, 0.25) is 45.6 Å². The van der Waals surface area contributed by atoms with Crippen LogP contribution in [0.1, 0.15) is 174 Å². The third kappa shape index (κ3) is 16.3. The molecule has 4 unspecified atom stereocenters. The summed E-state index contributed by atoms with van der Waals surface area (Å²) in [6.07, 6.45) is 14.6. The number of aromatic nitrogens is 8. The van der Waals surface area contributed by atoms with Gasteiger partial charge in [-0.3, -0.25) is 0 Å². The Labute approximate surface area is 767 Å². The van der Waals surface area contributed by atoms with Gasteiger partial charge in [-0.1, -0.05) is 172 Å². The van der Waals surface area contributed by atoms with Crippen LogP contribution in [0, 0.1) is 45.2 Å². The van der Waals surface area contributed by atoms with Crippen molar-refractivity contribution in [1.82, 2.24) is 19.9 Å². The van der Waals surface area contributed by atoms with Crippen LogP contribution in [0.2, 0.25) is 0 Å². The van der Waals surface area contributed by atoms with Gasteiger partial charge in [-0.15, -0.1) is 0 Å².